The summed E-state index contributed by atoms with van der Waals surface area (Å²) < 4.78 is 5.55. The maximum atomic E-state index is 9.95. The molecule has 20 heavy (non-hydrogen) atoms. The Morgan fingerprint density at radius 3 is 2.65 bits per heavy atom. The van der Waals surface area contributed by atoms with Gasteiger partial charge in [0, 0.05) is 12.6 Å². The zero-order valence-corrected chi connectivity index (χ0v) is 12.6. The van der Waals surface area contributed by atoms with E-state index in [1.165, 1.54) is 12.8 Å². The summed E-state index contributed by atoms with van der Waals surface area (Å²) in [5.41, 5.74) is 1.14. The summed E-state index contributed by atoms with van der Waals surface area (Å²) in [7, 11) is 0. The molecular weight excluding hydrogens is 250 g/mol. The SMILES string of the molecule is CC1CCC(NCC(O)COCc2ccccc2)C1C. The van der Waals surface area contributed by atoms with Crippen molar-refractivity contribution in [2.75, 3.05) is 13.2 Å². The number of aliphatic hydroxyl groups excluding tert-OH is 1. The van der Waals surface area contributed by atoms with Crippen LogP contribution in [-0.4, -0.2) is 30.4 Å². The molecule has 1 aromatic carbocycles. The van der Waals surface area contributed by atoms with Gasteiger partial charge in [-0.05, 0) is 30.2 Å². The molecule has 2 N–H and O–H groups in total. The fourth-order valence-corrected chi connectivity index (χ4v) is 2.89. The van der Waals surface area contributed by atoms with Crippen molar-refractivity contribution >= 4 is 0 Å². The summed E-state index contributed by atoms with van der Waals surface area (Å²) in [5.74, 6) is 1.49. The van der Waals surface area contributed by atoms with Crippen LogP contribution in [0.15, 0.2) is 30.3 Å². The molecule has 3 heteroatoms. The smallest absolute Gasteiger partial charge is 0.0897 e. The quantitative estimate of drug-likeness (QED) is 0.805. The Hall–Kier alpha value is -0.900. The minimum Gasteiger partial charge on any atom is -0.389 e. The number of hydrogen-bond acceptors (Lipinski definition) is 3. The Bertz CT molecular complexity index is 382. The predicted octanol–water partition coefficient (Wildman–Crippen LogP) is 2.59. The lowest BCUT2D eigenvalue weighted by Gasteiger charge is -2.21. The highest BCUT2D eigenvalue weighted by Gasteiger charge is 2.29. The van der Waals surface area contributed by atoms with Crippen LogP contribution in [0.2, 0.25) is 0 Å². The van der Waals surface area contributed by atoms with E-state index in [-0.39, 0.29) is 0 Å². The predicted molar refractivity (Wildman–Crippen MR) is 81.5 cm³/mol. The van der Waals surface area contributed by atoms with Crippen LogP contribution in [0.1, 0.15) is 32.3 Å². The fraction of sp³-hybridized carbons (Fsp3) is 0.647. The first-order valence-electron chi connectivity index (χ1n) is 7.70. The number of benzene rings is 1. The van der Waals surface area contributed by atoms with Crippen molar-refractivity contribution in [1.82, 2.24) is 5.32 Å². The van der Waals surface area contributed by atoms with Gasteiger partial charge in [-0.25, -0.2) is 0 Å². The summed E-state index contributed by atoms with van der Waals surface area (Å²) in [6.45, 7) is 6.18. The second-order valence-electron chi connectivity index (χ2n) is 6.08. The maximum absolute atomic E-state index is 9.95. The zero-order valence-electron chi connectivity index (χ0n) is 12.6. The molecule has 0 aliphatic heterocycles. The minimum absolute atomic E-state index is 0.387. The molecule has 0 heterocycles. The maximum Gasteiger partial charge on any atom is 0.0897 e. The summed E-state index contributed by atoms with van der Waals surface area (Å²) >= 11 is 0. The largest absolute Gasteiger partial charge is 0.389 e. The van der Waals surface area contributed by atoms with Crippen molar-refractivity contribution in [3.63, 3.8) is 0 Å². The summed E-state index contributed by atoms with van der Waals surface area (Å²) in [4.78, 5) is 0. The second-order valence-corrected chi connectivity index (χ2v) is 6.08. The fourth-order valence-electron chi connectivity index (χ4n) is 2.89. The van der Waals surface area contributed by atoms with Crippen molar-refractivity contribution < 1.29 is 9.84 Å². The molecule has 1 aliphatic carbocycles. The van der Waals surface area contributed by atoms with Crippen molar-refractivity contribution in [2.45, 2.75) is 45.4 Å². The van der Waals surface area contributed by atoms with Gasteiger partial charge in [0.15, 0.2) is 0 Å². The average molecular weight is 277 g/mol. The van der Waals surface area contributed by atoms with E-state index in [0.717, 1.165) is 11.5 Å². The van der Waals surface area contributed by atoms with Crippen LogP contribution >= 0.6 is 0 Å². The van der Waals surface area contributed by atoms with E-state index < -0.39 is 6.10 Å². The molecule has 1 aromatic rings. The lowest BCUT2D eigenvalue weighted by molar-refractivity contribution is 0.0270. The molecule has 0 bridgehead atoms. The van der Waals surface area contributed by atoms with Gasteiger partial charge in [-0.15, -0.1) is 0 Å². The number of nitrogens with one attached hydrogen (secondary N) is 1. The van der Waals surface area contributed by atoms with Gasteiger partial charge >= 0.3 is 0 Å². The molecule has 0 saturated heterocycles. The first kappa shape index (κ1) is 15.5. The first-order chi connectivity index (χ1) is 9.66. The molecular formula is C17H27NO2. The molecule has 4 unspecified atom stereocenters. The highest BCUT2D eigenvalue weighted by atomic mass is 16.5. The van der Waals surface area contributed by atoms with Gasteiger partial charge in [0.2, 0.25) is 0 Å². The van der Waals surface area contributed by atoms with Gasteiger partial charge in [0.05, 0.1) is 19.3 Å². The van der Waals surface area contributed by atoms with E-state index >= 15 is 0 Å². The third-order valence-corrected chi connectivity index (χ3v) is 4.50. The van der Waals surface area contributed by atoms with Crippen LogP contribution in [0.5, 0.6) is 0 Å². The van der Waals surface area contributed by atoms with E-state index in [1.54, 1.807) is 0 Å². The van der Waals surface area contributed by atoms with Gasteiger partial charge in [0.1, 0.15) is 0 Å². The molecule has 0 spiro atoms. The number of hydrogen-bond donors (Lipinski definition) is 2. The normalized spacial score (nSPS) is 27.6. The summed E-state index contributed by atoms with van der Waals surface area (Å²) in [6.07, 6.45) is 2.08. The Balaban J connectivity index is 1.60. The van der Waals surface area contributed by atoms with Crippen LogP contribution in [0.25, 0.3) is 0 Å². The van der Waals surface area contributed by atoms with Crippen molar-refractivity contribution in [2.24, 2.45) is 11.8 Å². The monoisotopic (exact) mass is 277 g/mol. The third-order valence-electron chi connectivity index (χ3n) is 4.50. The Kier molecular flexibility index (Phi) is 6.02. The molecule has 3 nitrogen and oxygen atoms in total. The highest BCUT2D eigenvalue weighted by molar-refractivity contribution is 5.13. The average Bonchev–Trinajstić information content (AvgIpc) is 2.78. The molecule has 112 valence electrons. The zero-order chi connectivity index (χ0) is 14.4. The van der Waals surface area contributed by atoms with Gasteiger partial charge < -0.3 is 15.2 Å². The molecule has 0 amide bonds. The topological polar surface area (TPSA) is 41.5 Å². The molecule has 4 atom stereocenters. The van der Waals surface area contributed by atoms with Crippen molar-refractivity contribution in [3.05, 3.63) is 35.9 Å². The molecule has 1 fully saturated rings. The molecule has 1 saturated carbocycles. The van der Waals surface area contributed by atoms with Crippen LogP contribution in [0.4, 0.5) is 0 Å². The van der Waals surface area contributed by atoms with Crippen LogP contribution < -0.4 is 5.32 Å². The van der Waals surface area contributed by atoms with Crippen molar-refractivity contribution in [3.8, 4) is 0 Å². The van der Waals surface area contributed by atoms with E-state index in [4.69, 9.17) is 4.74 Å². The number of rotatable bonds is 7. The van der Waals surface area contributed by atoms with Gasteiger partial charge in [-0.3, -0.25) is 0 Å². The van der Waals surface area contributed by atoms with Gasteiger partial charge in [-0.1, -0.05) is 44.2 Å². The van der Waals surface area contributed by atoms with Gasteiger partial charge in [0.25, 0.3) is 0 Å². The van der Waals surface area contributed by atoms with E-state index in [2.05, 4.69) is 19.2 Å². The Labute approximate surface area is 122 Å². The van der Waals surface area contributed by atoms with E-state index in [9.17, 15) is 5.11 Å². The first-order valence-corrected chi connectivity index (χ1v) is 7.70. The van der Waals surface area contributed by atoms with E-state index in [0.29, 0.717) is 31.7 Å². The number of ether oxygens (including phenoxy) is 1. The van der Waals surface area contributed by atoms with Gasteiger partial charge in [-0.2, -0.15) is 0 Å². The minimum atomic E-state index is -0.429. The van der Waals surface area contributed by atoms with Crippen LogP contribution in [0, 0.1) is 11.8 Å². The number of aliphatic hydroxyl groups is 1. The standard InChI is InChI=1S/C17H27NO2/c1-13-8-9-17(14(13)2)18-10-16(19)12-20-11-15-6-4-3-5-7-15/h3-7,13-14,16-19H,8-12H2,1-2H3. The lowest BCUT2D eigenvalue weighted by atomic mass is 9.98. The molecule has 0 aromatic heterocycles. The second kappa shape index (κ2) is 7.77. The van der Waals surface area contributed by atoms with Crippen LogP contribution in [0.3, 0.4) is 0 Å². The highest BCUT2D eigenvalue weighted by Crippen LogP contribution is 2.30. The van der Waals surface area contributed by atoms with Crippen molar-refractivity contribution in [1.29, 1.82) is 0 Å². The molecule has 1 aliphatic rings. The summed E-state index contributed by atoms with van der Waals surface area (Å²) in [5, 5.41) is 13.4. The Morgan fingerprint density at radius 2 is 2.00 bits per heavy atom. The summed E-state index contributed by atoms with van der Waals surface area (Å²) in [6, 6.07) is 10.6. The third kappa shape index (κ3) is 4.58. The molecule has 0 radical (unpaired) electrons. The van der Waals surface area contributed by atoms with E-state index in [1.807, 2.05) is 30.3 Å². The molecule has 2 rings (SSSR count). The Morgan fingerprint density at radius 1 is 1.25 bits per heavy atom. The van der Waals surface area contributed by atoms with Crippen LogP contribution in [-0.2, 0) is 11.3 Å². The lowest BCUT2D eigenvalue weighted by Crippen LogP contribution is -2.39.